The Balaban J connectivity index is 1.82. The molecule has 1 aliphatic carbocycles. The standard InChI is InChI=1S/C24H50N8O9/c25-4-3-14(33)22(37)32-13-7-12(29)20(40-23-11(28)2-1-10(8-27)38-23)19(36)21(13)41-24-18(35)16(30)17(34)15(39-24)9-31-6-5-26/h10-21,23-24,31,33-36H,1-9,25-30H2,(H,32,37)/t10?,11?,12-,13+,14-,15?,16-,17+,18?,19?,20?,21-,23+,24+/m0/s1. The minimum absolute atomic E-state index is 0.0122. The predicted molar refractivity (Wildman–Crippen MR) is 145 cm³/mol. The normalized spacial score (nSPS) is 42.5. The Labute approximate surface area is 239 Å². The van der Waals surface area contributed by atoms with Gasteiger partial charge in [-0.2, -0.15) is 0 Å². The van der Waals surface area contributed by atoms with Crippen molar-refractivity contribution >= 4 is 5.91 Å². The number of hydrogen-bond donors (Lipinski definition) is 12. The number of amides is 1. The maximum atomic E-state index is 12.7. The molecule has 240 valence electrons. The summed E-state index contributed by atoms with van der Waals surface area (Å²) in [5.74, 6) is -0.739. The van der Waals surface area contributed by atoms with Crippen molar-refractivity contribution in [1.82, 2.24) is 10.6 Å². The van der Waals surface area contributed by atoms with Crippen LogP contribution in [0.5, 0.6) is 0 Å². The highest BCUT2D eigenvalue weighted by atomic mass is 16.7. The van der Waals surface area contributed by atoms with Crippen molar-refractivity contribution in [2.24, 2.45) is 34.4 Å². The molecule has 6 unspecified atom stereocenters. The monoisotopic (exact) mass is 594 g/mol. The summed E-state index contributed by atoms with van der Waals surface area (Å²) < 4.78 is 23.9. The molecule has 3 rings (SSSR count). The van der Waals surface area contributed by atoms with Crippen LogP contribution in [0, 0.1) is 0 Å². The zero-order valence-corrected chi connectivity index (χ0v) is 23.2. The number of ether oxygens (including phenoxy) is 4. The van der Waals surface area contributed by atoms with Gasteiger partial charge >= 0.3 is 0 Å². The average Bonchev–Trinajstić information content (AvgIpc) is 2.94. The van der Waals surface area contributed by atoms with E-state index >= 15 is 0 Å². The molecule has 2 heterocycles. The van der Waals surface area contributed by atoms with E-state index in [9.17, 15) is 25.2 Å². The Bertz CT molecular complexity index is 806. The van der Waals surface area contributed by atoms with Crippen LogP contribution in [0.15, 0.2) is 0 Å². The molecule has 3 fully saturated rings. The maximum Gasteiger partial charge on any atom is 0.249 e. The molecule has 17 nitrogen and oxygen atoms in total. The Morgan fingerprint density at radius 3 is 2.27 bits per heavy atom. The van der Waals surface area contributed by atoms with Crippen molar-refractivity contribution in [3.8, 4) is 0 Å². The van der Waals surface area contributed by atoms with Crippen LogP contribution in [0.2, 0.25) is 0 Å². The first-order valence-corrected chi connectivity index (χ1v) is 14.2. The highest BCUT2D eigenvalue weighted by Crippen LogP contribution is 2.31. The minimum Gasteiger partial charge on any atom is -0.389 e. The van der Waals surface area contributed by atoms with Crippen LogP contribution in [-0.4, -0.2) is 145 Å². The molecule has 41 heavy (non-hydrogen) atoms. The van der Waals surface area contributed by atoms with Gasteiger partial charge in [-0.05, 0) is 32.2 Å². The Morgan fingerprint density at radius 2 is 1.61 bits per heavy atom. The summed E-state index contributed by atoms with van der Waals surface area (Å²) in [6.45, 7) is 1.30. The molecule has 0 aromatic carbocycles. The van der Waals surface area contributed by atoms with E-state index in [0.29, 0.717) is 25.9 Å². The van der Waals surface area contributed by atoms with Gasteiger partial charge in [-0.15, -0.1) is 0 Å². The fourth-order valence-electron chi connectivity index (χ4n) is 5.39. The number of carbonyl (C=O) groups is 1. The molecule has 0 radical (unpaired) electrons. The molecule has 2 aliphatic heterocycles. The van der Waals surface area contributed by atoms with Gasteiger partial charge in [0.05, 0.1) is 30.3 Å². The summed E-state index contributed by atoms with van der Waals surface area (Å²) in [6, 6.07) is -3.39. The number of hydrogen-bond acceptors (Lipinski definition) is 16. The van der Waals surface area contributed by atoms with Crippen LogP contribution in [-0.2, 0) is 23.7 Å². The zero-order valence-electron chi connectivity index (χ0n) is 23.2. The van der Waals surface area contributed by atoms with E-state index in [1.165, 1.54) is 0 Å². The second kappa shape index (κ2) is 16.1. The molecule has 3 aliphatic rings. The van der Waals surface area contributed by atoms with Crippen LogP contribution in [0.4, 0.5) is 0 Å². The zero-order chi connectivity index (χ0) is 30.3. The van der Waals surface area contributed by atoms with Crippen LogP contribution in [0.1, 0.15) is 25.7 Å². The van der Waals surface area contributed by atoms with Crippen molar-refractivity contribution in [1.29, 1.82) is 0 Å². The van der Waals surface area contributed by atoms with Gasteiger partial charge in [0.15, 0.2) is 12.6 Å². The molecular formula is C24H50N8O9. The fourth-order valence-corrected chi connectivity index (χ4v) is 5.39. The highest BCUT2D eigenvalue weighted by molar-refractivity contribution is 5.80. The van der Waals surface area contributed by atoms with Crippen molar-refractivity contribution < 1.29 is 44.2 Å². The first kappa shape index (κ1) is 34.4. The third kappa shape index (κ3) is 8.71. The van der Waals surface area contributed by atoms with Gasteiger partial charge < -0.3 is 84.4 Å². The number of carbonyl (C=O) groups excluding carboxylic acids is 1. The van der Waals surface area contributed by atoms with E-state index in [4.69, 9.17) is 53.3 Å². The number of aliphatic hydroxyl groups excluding tert-OH is 4. The molecule has 0 aromatic rings. The fraction of sp³-hybridized carbons (Fsp3) is 0.958. The van der Waals surface area contributed by atoms with E-state index in [-0.39, 0.29) is 38.6 Å². The maximum absolute atomic E-state index is 12.7. The van der Waals surface area contributed by atoms with Gasteiger partial charge in [-0.25, -0.2) is 0 Å². The summed E-state index contributed by atoms with van der Waals surface area (Å²) in [7, 11) is 0. The Kier molecular flexibility index (Phi) is 13.5. The van der Waals surface area contributed by atoms with Crippen LogP contribution >= 0.6 is 0 Å². The molecule has 0 bridgehead atoms. The summed E-state index contributed by atoms with van der Waals surface area (Å²) in [5, 5.41) is 48.7. The quantitative estimate of drug-likeness (QED) is 0.0881. The average molecular weight is 595 g/mol. The highest BCUT2D eigenvalue weighted by Gasteiger charge is 2.51. The second-order valence-corrected chi connectivity index (χ2v) is 11.0. The van der Waals surface area contributed by atoms with Gasteiger partial charge in [0.1, 0.15) is 36.6 Å². The minimum atomic E-state index is -1.49. The number of nitrogens with two attached hydrogens (primary N) is 6. The van der Waals surface area contributed by atoms with Crippen molar-refractivity contribution in [3.63, 3.8) is 0 Å². The number of aliphatic hydroxyl groups is 4. The van der Waals surface area contributed by atoms with Gasteiger partial charge in [-0.1, -0.05) is 0 Å². The van der Waals surface area contributed by atoms with Gasteiger partial charge in [0.2, 0.25) is 5.91 Å². The van der Waals surface area contributed by atoms with E-state index < -0.39 is 85.4 Å². The molecule has 2 saturated heterocycles. The lowest BCUT2D eigenvalue weighted by Crippen LogP contribution is -2.69. The SMILES string of the molecule is NCCNCC1O[C@H](O[C@@H]2C(O)C(O[C@H]3OC(CN)CCC3N)[C@@H](N)C[C@H]2NC(=O)[C@@H](O)CCN)C(O)[C@@H](N)[C@@H]1O. The van der Waals surface area contributed by atoms with Crippen LogP contribution < -0.4 is 45.0 Å². The molecule has 1 saturated carbocycles. The summed E-state index contributed by atoms with van der Waals surface area (Å²) in [4.78, 5) is 12.7. The Morgan fingerprint density at radius 1 is 0.902 bits per heavy atom. The molecule has 0 aromatic heterocycles. The van der Waals surface area contributed by atoms with Crippen LogP contribution in [0.25, 0.3) is 0 Å². The van der Waals surface area contributed by atoms with E-state index in [0.717, 1.165) is 0 Å². The second-order valence-electron chi connectivity index (χ2n) is 11.0. The van der Waals surface area contributed by atoms with Crippen molar-refractivity contribution in [3.05, 3.63) is 0 Å². The van der Waals surface area contributed by atoms with Gasteiger partial charge in [0.25, 0.3) is 0 Å². The summed E-state index contributed by atoms with van der Waals surface area (Å²) >= 11 is 0. The Hall–Kier alpha value is -1.13. The van der Waals surface area contributed by atoms with E-state index in [1.54, 1.807) is 0 Å². The molecule has 18 N–H and O–H groups in total. The largest absolute Gasteiger partial charge is 0.389 e. The molecule has 1 amide bonds. The molecular weight excluding hydrogens is 544 g/mol. The number of rotatable bonds is 13. The topological polar surface area (TPSA) is 315 Å². The van der Waals surface area contributed by atoms with E-state index in [2.05, 4.69) is 10.6 Å². The lowest BCUT2D eigenvalue weighted by atomic mass is 9.83. The van der Waals surface area contributed by atoms with E-state index in [1.807, 2.05) is 0 Å². The van der Waals surface area contributed by atoms with Crippen molar-refractivity contribution in [2.45, 2.75) is 111 Å². The third-order valence-electron chi connectivity index (χ3n) is 7.86. The summed E-state index contributed by atoms with van der Waals surface area (Å²) in [6.07, 6.45) is -10.0. The predicted octanol–water partition coefficient (Wildman–Crippen LogP) is -6.84. The van der Waals surface area contributed by atoms with Gasteiger partial charge in [-0.3, -0.25) is 4.79 Å². The van der Waals surface area contributed by atoms with Gasteiger partial charge in [0, 0.05) is 32.2 Å². The molecule has 0 spiro atoms. The van der Waals surface area contributed by atoms with Crippen molar-refractivity contribution in [2.75, 3.05) is 32.7 Å². The lowest BCUT2D eigenvalue weighted by Gasteiger charge is -2.48. The first-order chi connectivity index (χ1) is 19.5. The smallest absolute Gasteiger partial charge is 0.249 e. The lowest BCUT2D eigenvalue weighted by molar-refractivity contribution is -0.310. The third-order valence-corrected chi connectivity index (χ3v) is 7.86. The molecule has 17 heteroatoms. The summed E-state index contributed by atoms with van der Waals surface area (Å²) in [5.41, 5.74) is 35.4. The van der Waals surface area contributed by atoms with Crippen LogP contribution in [0.3, 0.4) is 0 Å². The first-order valence-electron chi connectivity index (χ1n) is 14.2. The number of nitrogens with one attached hydrogen (secondary N) is 2. The molecule has 14 atom stereocenters.